The van der Waals surface area contributed by atoms with Gasteiger partial charge in [0.2, 0.25) is 0 Å². The number of aryl methyl sites for hydroxylation is 1. The molecule has 0 spiro atoms. The second-order valence-electron chi connectivity index (χ2n) is 6.74. The van der Waals surface area contributed by atoms with E-state index in [0.717, 1.165) is 11.1 Å². The third-order valence-electron chi connectivity index (χ3n) is 4.51. The van der Waals surface area contributed by atoms with E-state index in [1.807, 2.05) is 20.8 Å². The molecule has 0 aliphatic heterocycles. The predicted molar refractivity (Wildman–Crippen MR) is 112 cm³/mol. The van der Waals surface area contributed by atoms with Gasteiger partial charge in [-0.2, -0.15) is 0 Å². The van der Waals surface area contributed by atoms with E-state index in [0.29, 0.717) is 23.6 Å². The molecule has 1 amide bonds. The van der Waals surface area contributed by atoms with Gasteiger partial charge in [0.25, 0.3) is 5.91 Å². The van der Waals surface area contributed by atoms with Gasteiger partial charge in [-0.3, -0.25) is 4.79 Å². The highest BCUT2D eigenvalue weighted by Crippen LogP contribution is 2.23. The highest BCUT2D eigenvalue weighted by Gasteiger charge is 2.22. The maximum atomic E-state index is 12.7. The van der Waals surface area contributed by atoms with E-state index in [1.165, 1.54) is 6.26 Å². The van der Waals surface area contributed by atoms with Gasteiger partial charge in [0.15, 0.2) is 15.9 Å². The van der Waals surface area contributed by atoms with Gasteiger partial charge in [0, 0.05) is 11.3 Å². The SMILES string of the molecule is CC[C@@H](Oc1ccc(Cl)c(C)c1)C(=O)N[C@H](CC)c1ccc(S(C)(=O)=O)cc1. The first-order chi connectivity index (χ1) is 13.2. The van der Waals surface area contributed by atoms with Gasteiger partial charge in [-0.15, -0.1) is 0 Å². The van der Waals surface area contributed by atoms with Crippen molar-refractivity contribution in [2.24, 2.45) is 0 Å². The van der Waals surface area contributed by atoms with Gasteiger partial charge >= 0.3 is 0 Å². The molecule has 2 rings (SSSR count). The molecule has 0 heterocycles. The lowest BCUT2D eigenvalue weighted by Gasteiger charge is -2.23. The van der Waals surface area contributed by atoms with E-state index >= 15 is 0 Å². The van der Waals surface area contributed by atoms with Crippen LogP contribution in [0.5, 0.6) is 5.75 Å². The fraction of sp³-hybridized carbons (Fsp3) is 0.381. The van der Waals surface area contributed by atoms with E-state index in [2.05, 4.69) is 5.32 Å². The number of hydrogen-bond acceptors (Lipinski definition) is 4. The number of hydrogen-bond donors (Lipinski definition) is 1. The summed E-state index contributed by atoms with van der Waals surface area (Å²) >= 11 is 6.04. The standard InChI is InChI=1S/C21H26ClNO4S/c1-5-19(15-7-10-17(11-8-15)28(4,25)26)23-21(24)20(6-2)27-16-9-12-18(22)14(3)13-16/h7-13,19-20H,5-6H2,1-4H3,(H,23,24)/t19-,20-/m1/s1. The van der Waals surface area contributed by atoms with Crippen LogP contribution in [0.1, 0.15) is 43.9 Å². The van der Waals surface area contributed by atoms with Crippen molar-refractivity contribution in [3.05, 3.63) is 58.6 Å². The molecule has 0 aliphatic carbocycles. The van der Waals surface area contributed by atoms with E-state index in [-0.39, 0.29) is 16.8 Å². The predicted octanol–water partition coefficient (Wildman–Crippen LogP) is 4.48. The molecule has 0 saturated heterocycles. The Balaban J connectivity index is 2.11. The second kappa shape index (κ2) is 9.43. The van der Waals surface area contributed by atoms with Gasteiger partial charge in [-0.05, 0) is 61.2 Å². The minimum Gasteiger partial charge on any atom is -0.481 e. The largest absolute Gasteiger partial charge is 0.481 e. The Morgan fingerprint density at radius 1 is 1.11 bits per heavy atom. The summed E-state index contributed by atoms with van der Waals surface area (Å²) in [6.07, 6.45) is 1.71. The molecular formula is C21H26ClNO4S. The normalized spacial score (nSPS) is 13.6. The fourth-order valence-corrected chi connectivity index (χ4v) is 3.56. The first-order valence-corrected chi connectivity index (χ1v) is 11.5. The summed E-state index contributed by atoms with van der Waals surface area (Å²) in [5.74, 6) is 0.378. The summed E-state index contributed by atoms with van der Waals surface area (Å²) in [7, 11) is -3.25. The Morgan fingerprint density at radius 3 is 2.25 bits per heavy atom. The third kappa shape index (κ3) is 5.72. The summed E-state index contributed by atoms with van der Waals surface area (Å²) in [5, 5.41) is 3.65. The lowest BCUT2D eigenvalue weighted by Crippen LogP contribution is -2.40. The molecule has 2 aromatic rings. The molecule has 2 atom stereocenters. The van der Waals surface area contributed by atoms with Crippen molar-refractivity contribution in [2.45, 2.75) is 50.7 Å². The molecule has 0 saturated carbocycles. The number of ether oxygens (including phenoxy) is 1. The smallest absolute Gasteiger partial charge is 0.261 e. The van der Waals surface area contributed by atoms with Crippen molar-refractivity contribution >= 4 is 27.3 Å². The van der Waals surface area contributed by atoms with Crippen molar-refractivity contribution in [1.29, 1.82) is 0 Å². The van der Waals surface area contributed by atoms with Crippen LogP contribution in [-0.2, 0) is 14.6 Å². The van der Waals surface area contributed by atoms with E-state index in [9.17, 15) is 13.2 Å². The van der Waals surface area contributed by atoms with Crippen molar-refractivity contribution in [2.75, 3.05) is 6.26 Å². The molecule has 1 N–H and O–H groups in total. The van der Waals surface area contributed by atoms with E-state index in [1.54, 1.807) is 42.5 Å². The van der Waals surface area contributed by atoms with Crippen LogP contribution in [0, 0.1) is 6.92 Å². The summed E-state index contributed by atoms with van der Waals surface area (Å²) in [4.78, 5) is 13.0. The monoisotopic (exact) mass is 423 g/mol. The molecule has 2 aromatic carbocycles. The Labute approximate surface area is 172 Å². The lowest BCUT2D eigenvalue weighted by molar-refractivity contribution is -0.128. The van der Waals surface area contributed by atoms with E-state index in [4.69, 9.17) is 16.3 Å². The van der Waals surface area contributed by atoms with Crippen molar-refractivity contribution < 1.29 is 17.9 Å². The van der Waals surface area contributed by atoms with Crippen LogP contribution in [0.2, 0.25) is 5.02 Å². The number of benzene rings is 2. The van der Waals surface area contributed by atoms with E-state index < -0.39 is 15.9 Å². The van der Waals surface area contributed by atoms with Gasteiger partial charge in [0.05, 0.1) is 10.9 Å². The zero-order valence-electron chi connectivity index (χ0n) is 16.5. The maximum Gasteiger partial charge on any atom is 0.261 e. The summed E-state index contributed by atoms with van der Waals surface area (Å²) in [6, 6.07) is 11.6. The molecule has 0 radical (unpaired) electrons. The van der Waals surface area contributed by atoms with Gasteiger partial charge in [-0.25, -0.2) is 8.42 Å². The molecule has 7 heteroatoms. The first-order valence-electron chi connectivity index (χ1n) is 9.18. The fourth-order valence-electron chi connectivity index (χ4n) is 2.81. The van der Waals surface area contributed by atoms with Crippen LogP contribution in [-0.4, -0.2) is 26.7 Å². The second-order valence-corrected chi connectivity index (χ2v) is 9.16. The van der Waals surface area contributed by atoms with Crippen LogP contribution in [0.25, 0.3) is 0 Å². The van der Waals surface area contributed by atoms with Gasteiger partial charge in [0.1, 0.15) is 5.75 Å². The highest BCUT2D eigenvalue weighted by molar-refractivity contribution is 7.90. The van der Waals surface area contributed by atoms with Gasteiger partial charge in [-0.1, -0.05) is 37.6 Å². The van der Waals surface area contributed by atoms with Crippen LogP contribution in [0.4, 0.5) is 0 Å². The number of amides is 1. The Bertz CT molecular complexity index is 926. The molecule has 0 bridgehead atoms. The highest BCUT2D eigenvalue weighted by atomic mass is 35.5. The summed E-state index contributed by atoms with van der Waals surface area (Å²) in [6.45, 7) is 5.72. The molecule has 5 nitrogen and oxygen atoms in total. The number of carbonyl (C=O) groups excluding carboxylic acids is 1. The first kappa shape index (κ1) is 22.2. The molecular weight excluding hydrogens is 398 g/mol. The number of nitrogens with one attached hydrogen (secondary N) is 1. The van der Waals surface area contributed by atoms with Crippen LogP contribution < -0.4 is 10.1 Å². The van der Waals surface area contributed by atoms with Gasteiger partial charge < -0.3 is 10.1 Å². The number of halogens is 1. The Hall–Kier alpha value is -2.05. The molecule has 0 aromatic heterocycles. The molecule has 0 aliphatic rings. The van der Waals surface area contributed by atoms with Crippen LogP contribution >= 0.6 is 11.6 Å². The Kier molecular flexibility index (Phi) is 7.49. The number of sulfone groups is 1. The minimum absolute atomic E-state index is 0.214. The topological polar surface area (TPSA) is 72.5 Å². The summed E-state index contributed by atoms with van der Waals surface area (Å²) < 4.78 is 29.1. The zero-order chi connectivity index (χ0) is 20.9. The number of rotatable bonds is 8. The third-order valence-corrected chi connectivity index (χ3v) is 6.06. The molecule has 28 heavy (non-hydrogen) atoms. The quantitative estimate of drug-likeness (QED) is 0.679. The lowest BCUT2D eigenvalue weighted by atomic mass is 10.0. The van der Waals surface area contributed by atoms with Crippen molar-refractivity contribution in [1.82, 2.24) is 5.32 Å². The van der Waals surface area contributed by atoms with Crippen LogP contribution in [0.15, 0.2) is 47.4 Å². The maximum absolute atomic E-state index is 12.7. The molecule has 0 fully saturated rings. The Morgan fingerprint density at radius 2 is 1.75 bits per heavy atom. The van der Waals surface area contributed by atoms with Crippen molar-refractivity contribution in [3.8, 4) is 5.75 Å². The average molecular weight is 424 g/mol. The zero-order valence-corrected chi connectivity index (χ0v) is 18.1. The number of carbonyl (C=O) groups is 1. The average Bonchev–Trinajstić information content (AvgIpc) is 2.66. The molecule has 0 unspecified atom stereocenters. The minimum atomic E-state index is -3.25. The molecule has 152 valence electrons. The van der Waals surface area contributed by atoms with Crippen molar-refractivity contribution in [3.63, 3.8) is 0 Å². The summed E-state index contributed by atoms with van der Waals surface area (Å²) in [5.41, 5.74) is 1.73. The van der Waals surface area contributed by atoms with Crippen LogP contribution in [0.3, 0.4) is 0 Å².